The maximum atomic E-state index is 11.9. The summed E-state index contributed by atoms with van der Waals surface area (Å²) < 4.78 is 4.93. The Kier molecular flexibility index (Phi) is 4.68. The van der Waals surface area contributed by atoms with Gasteiger partial charge in [-0.15, -0.1) is 0 Å². The fourth-order valence-electron chi connectivity index (χ4n) is 1.67. The Morgan fingerprint density at radius 1 is 1.47 bits per heavy atom. The Bertz CT molecular complexity index is 446. The highest BCUT2D eigenvalue weighted by Crippen LogP contribution is 2.23. The molecule has 104 valence electrons. The number of anilines is 1. The molecule has 1 fully saturated rings. The minimum Gasteiger partial charge on any atom is -0.385 e. The maximum absolute atomic E-state index is 11.9. The molecule has 0 saturated heterocycles. The van der Waals surface area contributed by atoms with E-state index in [1.165, 1.54) is 0 Å². The molecule has 0 radical (unpaired) electrons. The summed E-state index contributed by atoms with van der Waals surface area (Å²) in [7, 11) is 1.64. The molecule has 2 rings (SSSR count). The van der Waals surface area contributed by atoms with Crippen LogP contribution in [0, 0.1) is 6.92 Å². The second kappa shape index (κ2) is 6.47. The van der Waals surface area contributed by atoms with Gasteiger partial charge in [-0.05, 0) is 32.3 Å². The number of aromatic nitrogens is 2. The number of aryl methyl sites for hydroxylation is 1. The fraction of sp³-hybridized carbons (Fsp3) is 0.615. The molecule has 1 amide bonds. The van der Waals surface area contributed by atoms with E-state index in [0.717, 1.165) is 25.0 Å². The molecular weight excluding hydrogens is 244 g/mol. The zero-order valence-corrected chi connectivity index (χ0v) is 11.4. The summed E-state index contributed by atoms with van der Waals surface area (Å²) >= 11 is 0. The molecule has 0 spiro atoms. The molecule has 1 aromatic heterocycles. The third-order valence-electron chi connectivity index (χ3n) is 2.81. The lowest BCUT2D eigenvalue weighted by Gasteiger charge is -2.08. The molecule has 19 heavy (non-hydrogen) atoms. The topological polar surface area (TPSA) is 76.1 Å². The number of nitrogens with zero attached hydrogens (tertiary/aromatic N) is 2. The molecule has 1 aromatic rings. The highest BCUT2D eigenvalue weighted by atomic mass is 16.5. The van der Waals surface area contributed by atoms with E-state index in [-0.39, 0.29) is 5.91 Å². The Morgan fingerprint density at radius 3 is 2.95 bits per heavy atom. The average Bonchev–Trinajstić information content (AvgIpc) is 3.17. The zero-order chi connectivity index (χ0) is 13.7. The quantitative estimate of drug-likeness (QED) is 0.722. The predicted octanol–water partition coefficient (Wildman–Crippen LogP) is 1.13. The van der Waals surface area contributed by atoms with Crippen LogP contribution in [-0.4, -0.2) is 42.2 Å². The van der Waals surface area contributed by atoms with Crippen molar-refractivity contribution >= 4 is 11.9 Å². The van der Waals surface area contributed by atoms with Crippen LogP contribution in [-0.2, 0) is 4.74 Å². The summed E-state index contributed by atoms with van der Waals surface area (Å²) in [4.78, 5) is 20.5. The van der Waals surface area contributed by atoms with Gasteiger partial charge in [0.05, 0.1) is 0 Å². The van der Waals surface area contributed by atoms with Crippen molar-refractivity contribution in [3.05, 3.63) is 17.5 Å². The summed E-state index contributed by atoms with van der Waals surface area (Å²) in [6, 6.07) is 2.17. The van der Waals surface area contributed by atoms with Gasteiger partial charge in [0.25, 0.3) is 5.91 Å². The van der Waals surface area contributed by atoms with Gasteiger partial charge in [-0.1, -0.05) is 0 Å². The second-order valence-electron chi connectivity index (χ2n) is 4.74. The van der Waals surface area contributed by atoms with Crippen LogP contribution in [0.25, 0.3) is 0 Å². The first-order valence-electron chi connectivity index (χ1n) is 6.58. The minimum absolute atomic E-state index is 0.166. The Hall–Kier alpha value is -1.69. The molecule has 0 atom stereocenters. The number of carbonyl (C=O) groups excluding carboxylic acids is 1. The normalized spacial score (nSPS) is 14.2. The summed E-state index contributed by atoms with van der Waals surface area (Å²) in [6.07, 6.45) is 3.09. The Morgan fingerprint density at radius 2 is 2.26 bits per heavy atom. The molecular formula is C13H20N4O2. The first-order chi connectivity index (χ1) is 9.19. The second-order valence-corrected chi connectivity index (χ2v) is 4.74. The van der Waals surface area contributed by atoms with Crippen LogP contribution in [0.5, 0.6) is 0 Å². The van der Waals surface area contributed by atoms with Gasteiger partial charge in [-0.2, -0.15) is 0 Å². The van der Waals surface area contributed by atoms with Crippen LogP contribution in [0.1, 0.15) is 35.4 Å². The summed E-state index contributed by atoms with van der Waals surface area (Å²) in [5, 5.41) is 6.03. The van der Waals surface area contributed by atoms with E-state index in [9.17, 15) is 4.79 Å². The molecule has 1 aliphatic rings. The lowest BCUT2D eigenvalue weighted by Crippen LogP contribution is -2.26. The number of amides is 1. The van der Waals surface area contributed by atoms with Crippen molar-refractivity contribution < 1.29 is 9.53 Å². The smallest absolute Gasteiger partial charge is 0.270 e. The minimum atomic E-state index is -0.166. The van der Waals surface area contributed by atoms with Crippen molar-refractivity contribution in [3.8, 4) is 0 Å². The number of carbonyl (C=O) groups is 1. The highest BCUT2D eigenvalue weighted by Gasteiger charge is 2.22. The number of rotatable bonds is 7. The first-order valence-corrected chi connectivity index (χ1v) is 6.58. The third-order valence-corrected chi connectivity index (χ3v) is 2.81. The lowest BCUT2D eigenvalue weighted by molar-refractivity contribution is 0.0943. The lowest BCUT2D eigenvalue weighted by atomic mass is 10.3. The van der Waals surface area contributed by atoms with E-state index in [2.05, 4.69) is 20.6 Å². The average molecular weight is 264 g/mol. The Balaban J connectivity index is 1.93. The molecule has 1 heterocycles. The highest BCUT2D eigenvalue weighted by molar-refractivity contribution is 5.92. The van der Waals surface area contributed by atoms with E-state index in [1.54, 1.807) is 13.2 Å². The van der Waals surface area contributed by atoms with Crippen molar-refractivity contribution in [1.82, 2.24) is 15.3 Å². The number of methoxy groups -OCH3 is 1. The molecule has 0 aliphatic heterocycles. The summed E-state index contributed by atoms with van der Waals surface area (Å²) in [5.41, 5.74) is 1.20. The van der Waals surface area contributed by atoms with Crippen molar-refractivity contribution in [2.24, 2.45) is 0 Å². The molecule has 0 aromatic carbocycles. The van der Waals surface area contributed by atoms with Crippen molar-refractivity contribution in [2.45, 2.75) is 32.2 Å². The largest absolute Gasteiger partial charge is 0.385 e. The monoisotopic (exact) mass is 264 g/mol. The molecule has 1 saturated carbocycles. The first kappa shape index (κ1) is 13.7. The molecule has 0 bridgehead atoms. The van der Waals surface area contributed by atoms with Gasteiger partial charge in [-0.3, -0.25) is 4.79 Å². The Labute approximate surface area is 113 Å². The van der Waals surface area contributed by atoms with E-state index in [4.69, 9.17) is 4.74 Å². The third kappa shape index (κ3) is 4.48. The van der Waals surface area contributed by atoms with Gasteiger partial charge in [-0.25, -0.2) is 9.97 Å². The zero-order valence-electron chi connectivity index (χ0n) is 11.4. The number of hydrogen-bond donors (Lipinski definition) is 2. The number of hydrogen-bond acceptors (Lipinski definition) is 5. The van der Waals surface area contributed by atoms with Crippen LogP contribution in [0.3, 0.4) is 0 Å². The summed E-state index contributed by atoms with van der Waals surface area (Å²) in [6.45, 7) is 3.08. The van der Waals surface area contributed by atoms with Crippen molar-refractivity contribution in [1.29, 1.82) is 0 Å². The van der Waals surface area contributed by atoms with Crippen LogP contribution in [0.2, 0.25) is 0 Å². The summed E-state index contributed by atoms with van der Waals surface area (Å²) in [5.74, 6) is 0.380. The molecule has 1 aliphatic carbocycles. The molecule has 2 N–H and O–H groups in total. The standard InChI is InChI=1S/C13H20N4O2/c1-9-8-11(12(18)14-6-3-7-19-2)17-13(15-9)16-10-4-5-10/h8,10H,3-7H2,1-2H3,(H,14,18)(H,15,16,17). The molecule has 0 unspecified atom stereocenters. The van der Waals surface area contributed by atoms with Gasteiger partial charge >= 0.3 is 0 Å². The maximum Gasteiger partial charge on any atom is 0.270 e. The van der Waals surface area contributed by atoms with E-state index in [0.29, 0.717) is 30.8 Å². The van der Waals surface area contributed by atoms with Crippen LogP contribution < -0.4 is 10.6 Å². The SMILES string of the molecule is COCCCNC(=O)c1cc(C)nc(NC2CC2)n1. The molecule has 6 heteroatoms. The molecule has 6 nitrogen and oxygen atoms in total. The van der Waals surface area contributed by atoms with Crippen LogP contribution in [0.15, 0.2) is 6.07 Å². The predicted molar refractivity (Wildman–Crippen MR) is 72.2 cm³/mol. The number of nitrogens with one attached hydrogen (secondary N) is 2. The number of ether oxygens (including phenoxy) is 1. The van der Waals surface area contributed by atoms with Crippen molar-refractivity contribution in [2.75, 3.05) is 25.6 Å². The van der Waals surface area contributed by atoms with E-state index < -0.39 is 0 Å². The van der Waals surface area contributed by atoms with Crippen molar-refractivity contribution in [3.63, 3.8) is 0 Å². The fourth-order valence-corrected chi connectivity index (χ4v) is 1.67. The van der Waals surface area contributed by atoms with Gasteiger partial charge in [0.2, 0.25) is 5.95 Å². The van der Waals surface area contributed by atoms with Gasteiger partial charge < -0.3 is 15.4 Å². The van der Waals surface area contributed by atoms with E-state index >= 15 is 0 Å². The van der Waals surface area contributed by atoms with E-state index in [1.807, 2.05) is 6.92 Å². The van der Waals surface area contributed by atoms with Gasteiger partial charge in [0.1, 0.15) is 5.69 Å². The van der Waals surface area contributed by atoms with Crippen LogP contribution in [0.4, 0.5) is 5.95 Å². The van der Waals surface area contributed by atoms with Gasteiger partial charge in [0, 0.05) is 32.0 Å². The van der Waals surface area contributed by atoms with Gasteiger partial charge in [0.15, 0.2) is 0 Å². The van der Waals surface area contributed by atoms with Crippen LogP contribution >= 0.6 is 0 Å².